The summed E-state index contributed by atoms with van der Waals surface area (Å²) in [4.78, 5) is 19.4. The van der Waals surface area contributed by atoms with E-state index in [1.807, 2.05) is 24.9 Å². The van der Waals surface area contributed by atoms with Crippen LogP contribution in [-0.4, -0.2) is 43.6 Å². The van der Waals surface area contributed by atoms with Crippen LogP contribution in [0.1, 0.15) is 67.7 Å². The SMILES string of the molecule is CCCCn1ccnc1[C@@H]1CCCN(C(=O)CCc2c(C)n[nH]c2C)C1. The Balaban J connectivity index is 1.59. The van der Waals surface area contributed by atoms with Gasteiger partial charge in [-0.25, -0.2) is 4.98 Å². The van der Waals surface area contributed by atoms with Crippen LogP contribution in [0.15, 0.2) is 12.4 Å². The summed E-state index contributed by atoms with van der Waals surface area (Å²) in [6.45, 7) is 8.92. The minimum atomic E-state index is 0.251. The number of hydrogen-bond acceptors (Lipinski definition) is 3. The van der Waals surface area contributed by atoms with Crippen molar-refractivity contribution >= 4 is 5.91 Å². The van der Waals surface area contributed by atoms with Gasteiger partial charge in [0.05, 0.1) is 5.69 Å². The van der Waals surface area contributed by atoms with Crippen molar-refractivity contribution in [2.24, 2.45) is 0 Å². The third-order valence-electron chi connectivity index (χ3n) is 5.51. The number of H-pyrrole nitrogens is 1. The Morgan fingerprint density at radius 2 is 2.23 bits per heavy atom. The molecule has 142 valence electrons. The molecular formula is C20H31N5O. The van der Waals surface area contributed by atoms with E-state index in [2.05, 4.69) is 32.9 Å². The molecule has 1 saturated heterocycles. The first kappa shape index (κ1) is 18.7. The Bertz CT molecular complexity index is 713. The summed E-state index contributed by atoms with van der Waals surface area (Å²) in [6.07, 6.45) is 9.82. The second kappa shape index (κ2) is 8.52. The number of hydrogen-bond donors (Lipinski definition) is 1. The van der Waals surface area contributed by atoms with Gasteiger partial charge in [0.2, 0.25) is 5.91 Å². The number of rotatable bonds is 7. The number of amides is 1. The fourth-order valence-electron chi connectivity index (χ4n) is 3.95. The normalized spacial score (nSPS) is 17.7. The topological polar surface area (TPSA) is 66.8 Å². The maximum Gasteiger partial charge on any atom is 0.222 e. The highest BCUT2D eigenvalue weighted by atomic mass is 16.2. The monoisotopic (exact) mass is 357 g/mol. The Kier molecular flexibility index (Phi) is 6.12. The van der Waals surface area contributed by atoms with Gasteiger partial charge in [-0.05, 0) is 45.1 Å². The van der Waals surface area contributed by atoms with Crippen LogP contribution in [0.25, 0.3) is 0 Å². The predicted molar refractivity (Wildman–Crippen MR) is 102 cm³/mol. The molecule has 2 aromatic rings. The Hall–Kier alpha value is -2.11. The molecule has 26 heavy (non-hydrogen) atoms. The molecule has 1 aliphatic rings. The van der Waals surface area contributed by atoms with Crippen molar-refractivity contribution in [2.45, 2.75) is 71.8 Å². The quantitative estimate of drug-likeness (QED) is 0.826. The van der Waals surface area contributed by atoms with Gasteiger partial charge < -0.3 is 9.47 Å². The third kappa shape index (κ3) is 4.17. The first-order valence-corrected chi connectivity index (χ1v) is 9.89. The minimum absolute atomic E-state index is 0.251. The number of aromatic nitrogens is 4. The van der Waals surface area contributed by atoms with Gasteiger partial charge in [0, 0.05) is 50.1 Å². The number of nitrogens with zero attached hydrogens (tertiary/aromatic N) is 4. The van der Waals surface area contributed by atoms with Crippen LogP contribution < -0.4 is 0 Å². The molecule has 0 radical (unpaired) electrons. The van der Waals surface area contributed by atoms with Crippen LogP contribution in [0.3, 0.4) is 0 Å². The number of likely N-dealkylation sites (tertiary alicyclic amines) is 1. The third-order valence-corrected chi connectivity index (χ3v) is 5.51. The summed E-state index contributed by atoms with van der Waals surface area (Å²) in [5, 5.41) is 7.23. The number of aromatic amines is 1. The smallest absolute Gasteiger partial charge is 0.222 e. The second-order valence-electron chi connectivity index (χ2n) is 7.42. The lowest BCUT2D eigenvalue weighted by molar-refractivity contribution is -0.132. The van der Waals surface area contributed by atoms with Crippen molar-refractivity contribution in [3.8, 4) is 0 Å². The first-order chi connectivity index (χ1) is 12.6. The number of nitrogens with one attached hydrogen (secondary N) is 1. The summed E-state index contributed by atoms with van der Waals surface area (Å²) in [6, 6.07) is 0. The molecule has 3 rings (SSSR count). The zero-order chi connectivity index (χ0) is 18.5. The number of carbonyl (C=O) groups is 1. The fraction of sp³-hybridized carbons (Fsp3) is 0.650. The molecule has 0 spiro atoms. The summed E-state index contributed by atoms with van der Waals surface area (Å²) in [5.74, 6) is 1.76. The average Bonchev–Trinajstić information content (AvgIpc) is 3.25. The van der Waals surface area contributed by atoms with E-state index in [1.165, 1.54) is 18.4 Å². The molecular weight excluding hydrogens is 326 g/mol. The molecule has 0 aliphatic carbocycles. The van der Waals surface area contributed by atoms with Crippen molar-refractivity contribution in [1.82, 2.24) is 24.6 Å². The van der Waals surface area contributed by atoms with E-state index in [0.717, 1.165) is 56.1 Å². The summed E-state index contributed by atoms with van der Waals surface area (Å²) < 4.78 is 2.28. The molecule has 2 aromatic heterocycles. The van der Waals surface area contributed by atoms with Crippen LogP contribution in [0.5, 0.6) is 0 Å². The highest BCUT2D eigenvalue weighted by molar-refractivity contribution is 5.76. The van der Waals surface area contributed by atoms with E-state index in [-0.39, 0.29) is 5.91 Å². The molecule has 1 N–H and O–H groups in total. The van der Waals surface area contributed by atoms with Gasteiger partial charge in [-0.15, -0.1) is 0 Å². The van der Waals surface area contributed by atoms with E-state index in [4.69, 9.17) is 0 Å². The van der Waals surface area contributed by atoms with E-state index in [9.17, 15) is 4.79 Å². The Labute approximate surface area is 156 Å². The fourth-order valence-corrected chi connectivity index (χ4v) is 3.95. The van der Waals surface area contributed by atoms with Crippen LogP contribution in [0.2, 0.25) is 0 Å². The Morgan fingerprint density at radius 3 is 2.96 bits per heavy atom. The number of aryl methyl sites for hydroxylation is 3. The van der Waals surface area contributed by atoms with Crippen LogP contribution in [0, 0.1) is 13.8 Å². The molecule has 0 aromatic carbocycles. The van der Waals surface area contributed by atoms with Gasteiger partial charge >= 0.3 is 0 Å². The molecule has 1 fully saturated rings. The molecule has 1 amide bonds. The van der Waals surface area contributed by atoms with Crippen molar-refractivity contribution in [3.05, 3.63) is 35.2 Å². The summed E-state index contributed by atoms with van der Waals surface area (Å²) in [7, 11) is 0. The minimum Gasteiger partial charge on any atom is -0.342 e. The molecule has 1 aliphatic heterocycles. The predicted octanol–water partition coefficient (Wildman–Crippen LogP) is 3.36. The number of unbranched alkanes of at least 4 members (excludes halogenated alkanes) is 1. The summed E-state index contributed by atoms with van der Waals surface area (Å²) >= 11 is 0. The van der Waals surface area contributed by atoms with Crippen LogP contribution in [-0.2, 0) is 17.8 Å². The summed E-state index contributed by atoms with van der Waals surface area (Å²) in [5.41, 5.74) is 3.26. The highest BCUT2D eigenvalue weighted by Gasteiger charge is 2.27. The van der Waals surface area contributed by atoms with Crippen LogP contribution >= 0.6 is 0 Å². The van der Waals surface area contributed by atoms with Gasteiger partial charge in [-0.3, -0.25) is 9.89 Å². The first-order valence-electron chi connectivity index (χ1n) is 9.89. The van der Waals surface area contributed by atoms with E-state index < -0.39 is 0 Å². The standard InChI is InChI=1S/C20H31N5O/c1-4-5-11-24-13-10-21-20(24)17-7-6-12-25(14-17)19(26)9-8-18-15(2)22-23-16(18)3/h10,13,17H,4-9,11-12,14H2,1-3H3,(H,22,23)/t17-/m1/s1. The molecule has 3 heterocycles. The van der Waals surface area contributed by atoms with Gasteiger partial charge in [-0.2, -0.15) is 5.10 Å². The average molecular weight is 358 g/mol. The number of imidazole rings is 1. The van der Waals surface area contributed by atoms with Crippen molar-refractivity contribution < 1.29 is 4.79 Å². The van der Waals surface area contributed by atoms with Crippen molar-refractivity contribution in [1.29, 1.82) is 0 Å². The lowest BCUT2D eigenvalue weighted by atomic mass is 9.96. The molecule has 0 bridgehead atoms. The Morgan fingerprint density at radius 1 is 1.38 bits per heavy atom. The van der Waals surface area contributed by atoms with Crippen LogP contribution in [0.4, 0.5) is 0 Å². The second-order valence-corrected chi connectivity index (χ2v) is 7.42. The molecule has 6 nitrogen and oxygen atoms in total. The van der Waals surface area contributed by atoms with Gasteiger partial charge in [0.25, 0.3) is 0 Å². The lowest BCUT2D eigenvalue weighted by Gasteiger charge is -2.33. The zero-order valence-electron chi connectivity index (χ0n) is 16.3. The van der Waals surface area contributed by atoms with Gasteiger partial charge in [0.1, 0.15) is 5.82 Å². The lowest BCUT2D eigenvalue weighted by Crippen LogP contribution is -2.39. The largest absolute Gasteiger partial charge is 0.342 e. The number of carbonyl (C=O) groups excluding carboxylic acids is 1. The maximum absolute atomic E-state index is 12.8. The van der Waals surface area contributed by atoms with E-state index >= 15 is 0 Å². The van der Waals surface area contributed by atoms with Gasteiger partial charge in [0.15, 0.2) is 0 Å². The zero-order valence-corrected chi connectivity index (χ0v) is 16.3. The maximum atomic E-state index is 12.8. The highest BCUT2D eigenvalue weighted by Crippen LogP contribution is 2.27. The molecule has 6 heteroatoms. The molecule has 0 saturated carbocycles. The van der Waals surface area contributed by atoms with Gasteiger partial charge in [-0.1, -0.05) is 13.3 Å². The van der Waals surface area contributed by atoms with E-state index in [1.54, 1.807) is 0 Å². The van der Waals surface area contributed by atoms with E-state index in [0.29, 0.717) is 12.3 Å². The van der Waals surface area contributed by atoms with Crippen molar-refractivity contribution in [2.75, 3.05) is 13.1 Å². The molecule has 0 unspecified atom stereocenters. The molecule has 1 atom stereocenters. The number of piperidine rings is 1. The van der Waals surface area contributed by atoms with Crippen molar-refractivity contribution in [3.63, 3.8) is 0 Å².